The normalized spacial score (nSPS) is 35.8. The van der Waals surface area contributed by atoms with Crippen LogP contribution in [0, 0.1) is 11.8 Å². The fraction of sp³-hybridized carbons (Fsp3) is 0.923. The van der Waals surface area contributed by atoms with Gasteiger partial charge in [0, 0.05) is 6.61 Å². The summed E-state index contributed by atoms with van der Waals surface area (Å²) in [4.78, 5) is 14.1. The van der Waals surface area contributed by atoms with Gasteiger partial charge in [0.05, 0.1) is 25.1 Å². The molecule has 2 heterocycles. The van der Waals surface area contributed by atoms with Crippen molar-refractivity contribution in [1.29, 1.82) is 0 Å². The highest BCUT2D eigenvalue weighted by molar-refractivity contribution is 5.81. The first-order valence-electron chi connectivity index (χ1n) is 6.77. The standard InChI is InChI=1S/C13H21NO3/c1-2-11-10(5-6-17-11)12(15)14-7-13(16,8-14)9-3-4-9/h9-11,16H,2-8H2,1H3. The third-order valence-corrected chi connectivity index (χ3v) is 4.51. The lowest BCUT2D eigenvalue weighted by Gasteiger charge is -2.48. The molecule has 17 heavy (non-hydrogen) atoms. The van der Waals surface area contributed by atoms with Gasteiger partial charge in [0.2, 0.25) is 5.91 Å². The molecule has 0 aromatic rings. The van der Waals surface area contributed by atoms with E-state index in [4.69, 9.17) is 4.74 Å². The van der Waals surface area contributed by atoms with Crippen LogP contribution in [0.2, 0.25) is 0 Å². The maximum Gasteiger partial charge on any atom is 0.228 e. The number of hydrogen-bond acceptors (Lipinski definition) is 3. The quantitative estimate of drug-likeness (QED) is 0.792. The highest BCUT2D eigenvalue weighted by atomic mass is 16.5. The van der Waals surface area contributed by atoms with Crippen molar-refractivity contribution in [3.05, 3.63) is 0 Å². The molecule has 1 saturated carbocycles. The summed E-state index contributed by atoms with van der Waals surface area (Å²) in [5.41, 5.74) is -0.559. The minimum absolute atomic E-state index is 0.0313. The first-order chi connectivity index (χ1) is 8.14. The van der Waals surface area contributed by atoms with Crippen molar-refractivity contribution in [2.75, 3.05) is 19.7 Å². The lowest BCUT2D eigenvalue weighted by molar-refractivity contribution is -0.164. The summed E-state index contributed by atoms with van der Waals surface area (Å²) in [5.74, 6) is 0.678. The predicted octanol–water partition coefficient (Wildman–Crippen LogP) is 0.785. The summed E-state index contributed by atoms with van der Waals surface area (Å²) in [6, 6.07) is 0. The van der Waals surface area contributed by atoms with Gasteiger partial charge in [-0.1, -0.05) is 6.92 Å². The Hall–Kier alpha value is -0.610. The summed E-state index contributed by atoms with van der Waals surface area (Å²) in [5, 5.41) is 10.2. The highest BCUT2D eigenvalue weighted by Gasteiger charge is 2.54. The third-order valence-electron chi connectivity index (χ3n) is 4.51. The van der Waals surface area contributed by atoms with Crippen LogP contribution in [0.4, 0.5) is 0 Å². The molecule has 0 radical (unpaired) electrons. The van der Waals surface area contributed by atoms with Gasteiger partial charge >= 0.3 is 0 Å². The van der Waals surface area contributed by atoms with Gasteiger partial charge < -0.3 is 14.7 Å². The third kappa shape index (κ3) is 1.87. The van der Waals surface area contributed by atoms with Gasteiger partial charge in [-0.05, 0) is 31.6 Å². The molecule has 4 heteroatoms. The largest absolute Gasteiger partial charge is 0.386 e. The van der Waals surface area contributed by atoms with Crippen molar-refractivity contribution < 1.29 is 14.6 Å². The van der Waals surface area contributed by atoms with Crippen molar-refractivity contribution in [3.63, 3.8) is 0 Å². The average molecular weight is 239 g/mol. The first kappa shape index (κ1) is 11.5. The number of amides is 1. The van der Waals surface area contributed by atoms with Crippen molar-refractivity contribution in [1.82, 2.24) is 4.90 Å². The molecule has 3 aliphatic rings. The topological polar surface area (TPSA) is 49.8 Å². The monoisotopic (exact) mass is 239 g/mol. The summed E-state index contributed by atoms with van der Waals surface area (Å²) < 4.78 is 5.56. The minimum Gasteiger partial charge on any atom is -0.386 e. The summed E-state index contributed by atoms with van der Waals surface area (Å²) in [6.45, 7) is 3.86. The average Bonchev–Trinajstić information content (AvgIpc) is 3.02. The summed E-state index contributed by atoms with van der Waals surface area (Å²) in [7, 11) is 0. The van der Waals surface area contributed by atoms with E-state index in [0.717, 1.165) is 25.7 Å². The Labute approximate surface area is 102 Å². The number of carbonyl (C=O) groups excluding carboxylic acids is 1. The number of nitrogens with zero attached hydrogens (tertiary/aromatic N) is 1. The molecule has 3 fully saturated rings. The van der Waals surface area contributed by atoms with Crippen LogP contribution in [0.3, 0.4) is 0 Å². The van der Waals surface area contributed by atoms with Gasteiger partial charge in [-0.2, -0.15) is 0 Å². The molecule has 1 amide bonds. The van der Waals surface area contributed by atoms with Crippen LogP contribution >= 0.6 is 0 Å². The lowest BCUT2D eigenvalue weighted by Crippen LogP contribution is -2.66. The maximum atomic E-state index is 12.3. The SMILES string of the molecule is CCC1OCCC1C(=O)N1CC(O)(C2CC2)C1. The van der Waals surface area contributed by atoms with Gasteiger partial charge in [0.25, 0.3) is 0 Å². The van der Waals surface area contributed by atoms with Gasteiger partial charge in [-0.25, -0.2) is 0 Å². The summed E-state index contributed by atoms with van der Waals surface area (Å²) in [6.07, 6.45) is 4.09. The molecule has 0 spiro atoms. The predicted molar refractivity (Wildman–Crippen MR) is 62.4 cm³/mol. The summed E-state index contributed by atoms with van der Waals surface area (Å²) >= 11 is 0. The second-order valence-corrected chi connectivity index (χ2v) is 5.78. The van der Waals surface area contributed by atoms with E-state index in [1.807, 2.05) is 4.90 Å². The number of rotatable bonds is 3. The van der Waals surface area contributed by atoms with E-state index < -0.39 is 5.60 Å². The van der Waals surface area contributed by atoms with E-state index in [1.54, 1.807) is 0 Å². The Morgan fingerprint density at radius 1 is 1.41 bits per heavy atom. The second kappa shape index (κ2) is 3.95. The molecule has 2 unspecified atom stereocenters. The smallest absolute Gasteiger partial charge is 0.228 e. The van der Waals surface area contributed by atoms with Crippen molar-refractivity contribution in [2.45, 2.75) is 44.3 Å². The number of hydrogen-bond donors (Lipinski definition) is 1. The van der Waals surface area contributed by atoms with Gasteiger partial charge in [0.15, 0.2) is 0 Å². The van der Waals surface area contributed by atoms with Crippen LogP contribution in [-0.2, 0) is 9.53 Å². The minimum atomic E-state index is -0.559. The van der Waals surface area contributed by atoms with Crippen LogP contribution in [0.25, 0.3) is 0 Å². The molecule has 0 aromatic carbocycles. The Balaban J connectivity index is 1.57. The zero-order valence-electron chi connectivity index (χ0n) is 10.4. The first-order valence-corrected chi connectivity index (χ1v) is 6.77. The van der Waals surface area contributed by atoms with Crippen molar-refractivity contribution in [3.8, 4) is 0 Å². The van der Waals surface area contributed by atoms with E-state index in [2.05, 4.69) is 6.92 Å². The number of aliphatic hydroxyl groups is 1. The number of carbonyl (C=O) groups is 1. The molecule has 2 aliphatic heterocycles. The molecule has 4 nitrogen and oxygen atoms in total. The van der Waals surface area contributed by atoms with Crippen molar-refractivity contribution >= 4 is 5.91 Å². The van der Waals surface area contributed by atoms with E-state index >= 15 is 0 Å². The van der Waals surface area contributed by atoms with Gasteiger partial charge in [-0.3, -0.25) is 4.79 Å². The molecular weight excluding hydrogens is 218 g/mol. The highest BCUT2D eigenvalue weighted by Crippen LogP contribution is 2.45. The molecule has 3 rings (SSSR count). The lowest BCUT2D eigenvalue weighted by atomic mass is 9.86. The Morgan fingerprint density at radius 2 is 2.12 bits per heavy atom. The molecule has 1 N–H and O–H groups in total. The van der Waals surface area contributed by atoms with Crippen molar-refractivity contribution in [2.24, 2.45) is 11.8 Å². The number of likely N-dealkylation sites (tertiary alicyclic amines) is 1. The van der Waals surface area contributed by atoms with Crippen LogP contribution in [0.1, 0.15) is 32.6 Å². The van der Waals surface area contributed by atoms with E-state index in [-0.39, 0.29) is 17.9 Å². The van der Waals surface area contributed by atoms with Gasteiger partial charge in [0.1, 0.15) is 5.60 Å². The molecule has 2 atom stereocenters. The molecule has 0 aromatic heterocycles. The fourth-order valence-electron chi connectivity index (χ4n) is 3.22. The molecule has 1 aliphatic carbocycles. The molecular formula is C13H21NO3. The zero-order valence-corrected chi connectivity index (χ0v) is 10.4. The number of β-amino-alcohol motifs (C(OH)–C–C–N with tert-alkyl or cyclic N) is 1. The van der Waals surface area contributed by atoms with Crippen LogP contribution < -0.4 is 0 Å². The van der Waals surface area contributed by atoms with Crippen LogP contribution in [-0.4, -0.2) is 47.3 Å². The molecule has 96 valence electrons. The fourth-order valence-corrected chi connectivity index (χ4v) is 3.22. The zero-order chi connectivity index (χ0) is 12.0. The number of ether oxygens (including phenoxy) is 1. The Morgan fingerprint density at radius 3 is 2.71 bits per heavy atom. The molecule has 2 saturated heterocycles. The molecule has 0 bridgehead atoms. The van der Waals surface area contributed by atoms with E-state index in [1.165, 1.54) is 0 Å². The second-order valence-electron chi connectivity index (χ2n) is 5.78. The van der Waals surface area contributed by atoms with E-state index in [0.29, 0.717) is 25.6 Å². The van der Waals surface area contributed by atoms with E-state index in [9.17, 15) is 9.90 Å². The Kier molecular flexibility index (Phi) is 2.67. The Bertz CT molecular complexity index is 321. The maximum absolute atomic E-state index is 12.3. The van der Waals surface area contributed by atoms with Crippen LogP contribution in [0.15, 0.2) is 0 Å². The van der Waals surface area contributed by atoms with Gasteiger partial charge in [-0.15, -0.1) is 0 Å². The van der Waals surface area contributed by atoms with Crippen LogP contribution in [0.5, 0.6) is 0 Å².